The van der Waals surface area contributed by atoms with E-state index in [4.69, 9.17) is 4.74 Å². The SMILES string of the molecule is CCOC(=O)C1CCCN1C(=O)c1cn(C)cn1. The molecule has 0 N–H and O–H groups in total. The molecule has 2 rings (SSSR count). The Balaban J connectivity index is 2.11. The number of carbonyl (C=O) groups is 2. The van der Waals surface area contributed by atoms with Crippen molar-refractivity contribution in [2.45, 2.75) is 25.8 Å². The Morgan fingerprint density at radius 1 is 1.56 bits per heavy atom. The Morgan fingerprint density at radius 2 is 2.33 bits per heavy atom. The molecular weight excluding hydrogens is 234 g/mol. The van der Waals surface area contributed by atoms with Crippen LogP contribution in [0.1, 0.15) is 30.3 Å². The molecule has 1 atom stereocenters. The minimum atomic E-state index is -0.459. The summed E-state index contributed by atoms with van der Waals surface area (Å²) in [6.45, 7) is 2.68. The van der Waals surface area contributed by atoms with Gasteiger partial charge in [0.25, 0.3) is 5.91 Å². The molecule has 1 fully saturated rings. The van der Waals surface area contributed by atoms with E-state index in [0.29, 0.717) is 25.3 Å². The molecule has 1 saturated heterocycles. The lowest BCUT2D eigenvalue weighted by molar-refractivity contribution is -0.147. The first-order valence-corrected chi connectivity index (χ1v) is 6.09. The standard InChI is InChI=1S/C12H17N3O3/c1-3-18-12(17)10-5-4-6-15(10)11(16)9-7-14(2)8-13-9/h7-8,10H,3-6H2,1-2H3. The fourth-order valence-corrected chi connectivity index (χ4v) is 2.16. The van der Waals surface area contributed by atoms with Crippen LogP contribution < -0.4 is 0 Å². The summed E-state index contributed by atoms with van der Waals surface area (Å²) in [6, 6.07) is -0.459. The van der Waals surface area contributed by atoms with Crippen LogP contribution in [0.25, 0.3) is 0 Å². The first kappa shape index (κ1) is 12.6. The summed E-state index contributed by atoms with van der Waals surface area (Å²) in [5.74, 6) is -0.523. The quantitative estimate of drug-likeness (QED) is 0.737. The van der Waals surface area contributed by atoms with Gasteiger partial charge in [0.05, 0.1) is 12.9 Å². The molecule has 0 radical (unpaired) electrons. The van der Waals surface area contributed by atoms with E-state index in [1.54, 1.807) is 36.0 Å². The Morgan fingerprint density at radius 3 is 2.94 bits per heavy atom. The zero-order chi connectivity index (χ0) is 13.1. The number of aryl methyl sites for hydroxylation is 1. The monoisotopic (exact) mass is 251 g/mol. The van der Waals surface area contributed by atoms with Gasteiger partial charge in [-0.1, -0.05) is 0 Å². The summed E-state index contributed by atoms with van der Waals surface area (Å²) in [5, 5.41) is 0. The number of imidazole rings is 1. The topological polar surface area (TPSA) is 64.4 Å². The summed E-state index contributed by atoms with van der Waals surface area (Å²) in [5.41, 5.74) is 0.369. The minimum absolute atomic E-state index is 0.203. The number of hydrogen-bond acceptors (Lipinski definition) is 4. The van der Waals surface area contributed by atoms with Crippen molar-refractivity contribution >= 4 is 11.9 Å². The maximum Gasteiger partial charge on any atom is 0.328 e. The van der Waals surface area contributed by atoms with Crippen LogP contribution in [0.5, 0.6) is 0 Å². The lowest BCUT2D eigenvalue weighted by Gasteiger charge is -2.22. The van der Waals surface area contributed by atoms with Crippen molar-refractivity contribution in [3.63, 3.8) is 0 Å². The fraction of sp³-hybridized carbons (Fsp3) is 0.583. The van der Waals surface area contributed by atoms with Crippen molar-refractivity contribution in [2.75, 3.05) is 13.2 Å². The van der Waals surface area contributed by atoms with E-state index in [2.05, 4.69) is 4.98 Å². The highest BCUT2D eigenvalue weighted by atomic mass is 16.5. The number of carbonyl (C=O) groups excluding carboxylic acids is 2. The number of amides is 1. The molecule has 0 aliphatic carbocycles. The second kappa shape index (κ2) is 5.20. The van der Waals surface area contributed by atoms with E-state index in [9.17, 15) is 9.59 Å². The second-order valence-corrected chi connectivity index (χ2v) is 4.33. The lowest BCUT2D eigenvalue weighted by Crippen LogP contribution is -2.41. The van der Waals surface area contributed by atoms with Gasteiger partial charge in [-0.05, 0) is 19.8 Å². The molecule has 0 aromatic carbocycles. The van der Waals surface area contributed by atoms with E-state index in [0.717, 1.165) is 6.42 Å². The Hall–Kier alpha value is -1.85. The van der Waals surface area contributed by atoms with Crippen molar-refractivity contribution < 1.29 is 14.3 Å². The molecule has 2 heterocycles. The summed E-state index contributed by atoms with van der Waals surface area (Å²) < 4.78 is 6.70. The second-order valence-electron chi connectivity index (χ2n) is 4.33. The third-order valence-electron chi connectivity index (χ3n) is 3.00. The summed E-state index contributed by atoms with van der Waals surface area (Å²) in [7, 11) is 1.80. The summed E-state index contributed by atoms with van der Waals surface area (Å²) in [6.07, 6.45) is 4.71. The van der Waals surface area contributed by atoms with E-state index < -0.39 is 6.04 Å². The lowest BCUT2D eigenvalue weighted by atomic mass is 10.2. The van der Waals surface area contributed by atoms with Crippen LogP contribution in [-0.4, -0.2) is 45.5 Å². The third kappa shape index (κ3) is 2.37. The predicted molar refractivity (Wildman–Crippen MR) is 63.9 cm³/mol. The molecule has 0 spiro atoms. The highest BCUT2D eigenvalue weighted by Crippen LogP contribution is 2.20. The van der Waals surface area contributed by atoms with Crippen molar-refractivity contribution in [1.29, 1.82) is 0 Å². The van der Waals surface area contributed by atoms with E-state index in [-0.39, 0.29) is 11.9 Å². The van der Waals surface area contributed by atoms with Crippen molar-refractivity contribution in [3.05, 3.63) is 18.2 Å². The van der Waals surface area contributed by atoms with Crippen LogP contribution in [0.4, 0.5) is 0 Å². The van der Waals surface area contributed by atoms with Crippen LogP contribution in [0, 0.1) is 0 Å². The first-order valence-electron chi connectivity index (χ1n) is 6.09. The van der Waals surface area contributed by atoms with Gasteiger partial charge in [0.2, 0.25) is 0 Å². The van der Waals surface area contributed by atoms with Crippen LogP contribution in [0.15, 0.2) is 12.5 Å². The Kier molecular flexibility index (Phi) is 3.64. The van der Waals surface area contributed by atoms with Crippen molar-refractivity contribution in [3.8, 4) is 0 Å². The summed E-state index contributed by atoms with van der Waals surface area (Å²) in [4.78, 5) is 29.6. The molecule has 1 aromatic rings. The van der Waals surface area contributed by atoms with E-state index in [1.165, 1.54) is 0 Å². The van der Waals surface area contributed by atoms with Gasteiger partial charge in [0.15, 0.2) is 0 Å². The van der Waals surface area contributed by atoms with E-state index >= 15 is 0 Å². The van der Waals surface area contributed by atoms with E-state index in [1.807, 2.05) is 0 Å². The number of nitrogens with zero attached hydrogens (tertiary/aromatic N) is 3. The smallest absolute Gasteiger partial charge is 0.328 e. The summed E-state index contributed by atoms with van der Waals surface area (Å²) >= 11 is 0. The van der Waals surface area contributed by atoms with Crippen molar-refractivity contribution in [1.82, 2.24) is 14.5 Å². The number of rotatable bonds is 3. The Bertz CT molecular complexity index is 455. The molecule has 0 saturated carbocycles. The van der Waals surface area contributed by atoms with Gasteiger partial charge in [0, 0.05) is 19.8 Å². The number of hydrogen-bond donors (Lipinski definition) is 0. The predicted octanol–water partition coefficient (Wildman–Crippen LogP) is 0.588. The third-order valence-corrected chi connectivity index (χ3v) is 3.00. The highest BCUT2D eigenvalue weighted by Gasteiger charge is 2.36. The number of aromatic nitrogens is 2. The zero-order valence-electron chi connectivity index (χ0n) is 10.6. The van der Waals surface area contributed by atoms with Gasteiger partial charge >= 0.3 is 5.97 Å². The zero-order valence-corrected chi connectivity index (χ0v) is 10.6. The van der Waals surface area contributed by atoms with Gasteiger partial charge in [-0.25, -0.2) is 9.78 Å². The molecule has 1 unspecified atom stereocenters. The number of likely N-dealkylation sites (tertiary alicyclic amines) is 1. The van der Waals surface area contributed by atoms with Crippen LogP contribution in [0.3, 0.4) is 0 Å². The van der Waals surface area contributed by atoms with Crippen LogP contribution in [-0.2, 0) is 16.6 Å². The molecule has 1 aliphatic rings. The Labute approximate surface area is 106 Å². The molecule has 98 valence electrons. The molecule has 6 heteroatoms. The number of esters is 1. The molecule has 1 amide bonds. The fourth-order valence-electron chi connectivity index (χ4n) is 2.16. The van der Waals surface area contributed by atoms with Crippen LogP contribution >= 0.6 is 0 Å². The normalized spacial score (nSPS) is 19.0. The molecule has 1 aromatic heterocycles. The average molecular weight is 251 g/mol. The average Bonchev–Trinajstić information content (AvgIpc) is 2.96. The maximum absolute atomic E-state index is 12.2. The van der Waals surface area contributed by atoms with Crippen molar-refractivity contribution in [2.24, 2.45) is 7.05 Å². The van der Waals surface area contributed by atoms with Crippen LogP contribution in [0.2, 0.25) is 0 Å². The molecular formula is C12H17N3O3. The minimum Gasteiger partial charge on any atom is -0.464 e. The maximum atomic E-state index is 12.2. The molecule has 18 heavy (non-hydrogen) atoms. The van der Waals surface area contributed by atoms with Gasteiger partial charge in [-0.3, -0.25) is 4.79 Å². The van der Waals surface area contributed by atoms with Gasteiger partial charge < -0.3 is 14.2 Å². The van der Waals surface area contributed by atoms with Gasteiger partial charge in [-0.15, -0.1) is 0 Å². The first-order chi connectivity index (χ1) is 8.63. The number of ether oxygens (including phenoxy) is 1. The van der Waals surface area contributed by atoms with Gasteiger partial charge in [-0.2, -0.15) is 0 Å². The molecule has 6 nitrogen and oxygen atoms in total. The highest BCUT2D eigenvalue weighted by molar-refractivity contribution is 5.95. The molecule has 1 aliphatic heterocycles. The largest absolute Gasteiger partial charge is 0.464 e. The van der Waals surface area contributed by atoms with Gasteiger partial charge in [0.1, 0.15) is 11.7 Å². The molecule has 0 bridgehead atoms.